The van der Waals surface area contributed by atoms with E-state index in [-0.39, 0.29) is 5.56 Å². The number of hydrogen-bond donors (Lipinski definition) is 0. The number of ketones is 1. The fourth-order valence-electron chi connectivity index (χ4n) is 2.50. The second-order valence-corrected chi connectivity index (χ2v) is 6.21. The van der Waals surface area contributed by atoms with Crippen LogP contribution in [0.1, 0.15) is 27.6 Å². The molecule has 1 aromatic heterocycles. The minimum Gasteiger partial charge on any atom is -0.497 e. The Hall–Kier alpha value is -3.12. The molecule has 0 bridgehead atoms. The third-order valence-electron chi connectivity index (χ3n) is 3.94. The van der Waals surface area contributed by atoms with E-state index in [9.17, 15) is 14.4 Å². The van der Waals surface area contributed by atoms with Crippen LogP contribution in [0.3, 0.4) is 0 Å². The number of carbonyl (C=O) groups excluding carboxylic acids is 2. The van der Waals surface area contributed by atoms with Gasteiger partial charge in [0.1, 0.15) is 16.9 Å². The highest BCUT2D eigenvalue weighted by Gasteiger charge is 2.23. The molecular formula is C20H15ClO6. The van der Waals surface area contributed by atoms with Gasteiger partial charge in [0.05, 0.1) is 7.11 Å². The lowest BCUT2D eigenvalue weighted by atomic mass is 10.1. The molecule has 1 unspecified atom stereocenters. The van der Waals surface area contributed by atoms with E-state index < -0.39 is 23.5 Å². The van der Waals surface area contributed by atoms with Crippen LogP contribution in [0.5, 0.6) is 5.75 Å². The summed E-state index contributed by atoms with van der Waals surface area (Å²) in [5, 5.41) is 0.984. The normalized spacial score (nSPS) is 11.8. The Kier molecular flexibility index (Phi) is 5.28. The number of methoxy groups -OCH3 is 1. The molecule has 0 saturated carbocycles. The van der Waals surface area contributed by atoms with E-state index in [1.165, 1.54) is 32.2 Å². The van der Waals surface area contributed by atoms with Crippen molar-refractivity contribution in [1.82, 2.24) is 0 Å². The quantitative estimate of drug-likeness (QED) is 0.376. The third kappa shape index (κ3) is 4.01. The van der Waals surface area contributed by atoms with Crippen LogP contribution in [-0.4, -0.2) is 25.0 Å². The van der Waals surface area contributed by atoms with Crippen molar-refractivity contribution in [2.24, 2.45) is 0 Å². The molecule has 0 N–H and O–H groups in total. The summed E-state index contributed by atoms with van der Waals surface area (Å²) in [5.74, 6) is -0.808. The van der Waals surface area contributed by atoms with Gasteiger partial charge in [-0.05, 0) is 55.5 Å². The van der Waals surface area contributed by atoms with Crippen molar-refractivity contribution >= 4 is 34.3 Å². The number of benzene rings is 2. The van der Waals surface area contributed by atoms with Gasteiger partial charge in [0, 0.05) is 16.0 Å². The highest BCUT2D eigenvalue weighted by atomic mass is 35.5. The van der Waals surface area contributed by atoms with Crippen LogP contribution >= 0.6 is 11.6 Å². The van der Waals surface area contributed by atoms with Crippen LogP contribution in [-0.2, 0) is 4.74 Å². The van der Waals surface area contributed by atoms with E-state index >= 15 is 0 Å². The smallest absolute Gasteiger partial charge is 0.351 e. The predicted octanol–water partition coefficient (Wildman–Crippen LogP) is 3.88. The lowest BCUT2D eigenvalue weighted by molar-refractivity contribution is 0.0315. The van der Waals surface area contributed by atoms with Crippen molar-refractivity contribution in [2.75, 3.05) is 7.11 Å². The molecule has 0 aliphatic carbocycles. The monoisotopic (exact) mass is 386 g/mol. The van der Waals surface area contributed by atoms with Gasteiger partial charge in [0.2, 0.25) is 5.78 Å². The molecule has 7 heteroatoms. The average molecular weight is 387 g/mol. The van der Waals surface area contributed by atoms with E-state index in [4.69, 9.17) is 25.5 Å². The molecule has 0 radical (unpaired) electrons. The first-order valence-electron chi connectivity index (χ1n) is 8.01. The summed E-state index contributed by atoms with van der Waals surface area (Å²) < 4.78 is 15.4. The molecule has 3 rings (SSSR count). The molecule has 1 atom stereocenters. The first-order valence-corrected chi connectivity index (χ1v) is 8.39. The zero-order valence-corrected chi connectivity index (χ0v) is 15.3. The van der Waals surface area contributed by atoms with Crippen LogP contribution in [0.25, 0.3) is 11.0 Å². The first-order chi connectivity index (χ1) is 12.9. The van der Waals surface area contributed by atoms with Crippen LogP contribution < -0.4 is 10.4 Å². The summed E-state index contributed by atoms with van der Waals surface area (Å²) >= 11 is 5.80. The molecular weight excluding hydrogens is 372 g/mol. The van der Waals surface area contributed by atoms with Crippen molar-refractivity contribution in [3.63, 3.8) is 0 Å². The number of carbonyl (C=O) groups is 2. The molecule has 138 valence electrons. The van der Waals surface area contributed by atoms with Gasteiger partial charge in [0.15, 0.2) is 6.10 Å². The predicted molar refractivity (Wildman–Crippen MR) is 99.7 cm³/mol. The number of halogens is 1. The van der Waals surface area contributed by atoms with Crippen LogP contribution in [0.2, 0.25) is 5.02 Å². The summed E-state index contributed by atoms with van der Waals surface area (Å²) in [5.41, 5.74) is -0.493. The number of esters is 1. The van der Waals surface area contributed by atoms with E-state index in [0.717, 1.165) is 0 Å². The van der Waals surface area contributed by atoms with Crippen molar-refractivity contribution in [3.8, 4) is 5.75 Å². The fraction of sp³-hybridized carbons (Fsp3) is 0.150. The van der Waals surface area contributed by atoms with Crippen LogP contribution in [0.4, 0.5) is 0 Å². The number of ether oxygens (including phenoxy) is 2. The minimum absolute atomic E-state index is 0.300. The molecule has 2 aromatic carbocycles. The van der Waals surface area contributed by atoms with Crippen LogP contribution in [0, 0.1) is 0 Å². The Balaban J connectivity index is 1.84. The maximum Gasteiger partial charge on any atom is 0.351 e. The highest BCUT2D eigenvalue weighted by molar-refractivity contribution is 6.30. The summed E-state index contributed by atoms with van der Waals surface area (Å²) in [6.45, 7) is 1.43. The molecule has 0 spiro atoms. The van der Waals surface area contributed by atoms with Gasteiger partial charge in [-0.15, -0.1) is 0 Å². The van der Waals surface area contributed by atoms with E-state index in [1.807, 2.05) is 0 Å². The number of Topliss-reactive ketones (excluding diaryl/α,β-unsaturated/α-hetero) is 1. The molecule has 3 aromatic rings. The van der Waals surface area contributed by atoms with Crippen molar-refractivity contribution in [3.05, 3.63) is 75.1 Å². The molecule has 0 saturated heterocycles. The summed E-state index contributed by atoms with van der Waals surface area (Å²) in [6.07, 6.45) is -1.08. The zero-order chi connectivity index (χ0) is 19.6. The SMILES string of the molecule is COc1ccc2oc(=O)c(C(=O)OC(C)C(=O)c3ccc(Cl)cc3)cc2c1. The third-order valence-corrected chi connectivity index (χ3v) is 4.19. The van der Waals surface area contributed by atoms with Crippen molar-refractivity contribution in [1.29, 1.82) is 0 Å². The van der Waals surface area contributed by atoms with Crippen molar-refractivity contribution in [2.45, 2.75) is 13.0 Å². The number of hydrogen-bond acceptors (Lipinski definition) is 6. The lowest BCUT2D eigenvalue weighted by Crippen LogP contribution is -2.27. The molecule has 27 heavy (non-hydrogen) atoms. The number of fused-ring (bicyclic) bond motifs is 1. The van der Waals surface area contributed by atoms with E-state index in [2.05, 4.69) is 0 Å². The molecule has 1 heterocycles. The second kappa shape index (κ2) is 7.63. The van der Waals surface area contributed by atoms with Crippen molar-refractivity contribution < 1.29 is 23.5 Å². The highest BCUT2D eigenvalue weighted by Crippen LogP contribution is 2.21. The summed E-state index contributed by atoms with van der Waals surface area (Å²) in [4.78, 5) is 36.8. The Bertz CT molecular complexity index is 1070. The summed E-state index contributed by atoms with van der Waals surface area (Å²) in [7, 11) is 1.50. The van der Waals surface area contributed by atoms with Gasteiger partial charge in [-0.25, -0.2) is 9.59 Å². The van der Waals surface area contributed by atoms with Crippen LogP contribution in [0.15, 0.2) is 57.7 Å². The first kappa shape index (κ1) is 18.7. The topological polar surface area (TPSA) is 82.8 Å². The van der Waals surface area contributed by atoms with E-state index in [0.29, 0.717) is 27.3 Å². The van der Waals surface area contributed by atoms with Gasteiger partial charge in [-0.1, -0.05) is 11.6 Å². The zero-order valence-electron chi connectivity index (χ0n) is 14.5. The molecule has 0 fully saturated rings. The molecule has 0 aliphatic rings. The Morgan fingerprint density at radius 1 is 1.07 bits per heavy atom. The number of rotatable bonds is 5. The van der Waals surface area contributed by atoms with Gasteiger partial charge < -0.3 is 13.9 Å². The molecule has 6 nitrogen and oxygen atoms in total. The maximum absolute atomic E-state index is 12.4. The van der Waals surface area contributed by atoms with Gasteiger partial charge in [-0.3, -0.25) is 4.79 Å². The standard InChI is InChI=1S/C20H15ClO6/c1-11(18(22)12-3-5-14(21)6-4-12)26-19(23)16-10-13-9-15(25-2)7-8-17(13)27-20(16)24/h3-11H,1-2H3. The Morgan fingerprint density at radius 2 is 1.78 bits per heavy atom. The van der Waals surface area contributed by atoms with Gasteiger partial charge in [0.25, 0.3) is 0 Å². The molecule has 0 aliphatic heterocycles. The maximum atomic E-state index is 12.4. The van der Waals surface area contributed by atoms with Gasteiger partial charge >= 0.3 is 11.6 Å². The van der Waals surface area contributed by atoms with Gasteiger partial charge in [-0.2, -0.15) is 0 Å². The van der Waals surface area contributed by atoms with E-state index in [1.54, 1.807) is 30.3 Å². The average Bonchev–Trinajstić information content (AvgIpc) is 2.67. The molecule has 0 amide bonds. The minimum atomic E-state index is -1.08. The lowest BCUT2D eigenvalue weighted by Gasteiger charge is -2.12. The largest absolute Gasteiger partial charge is 0.497 e. The summed E-state index contributed by atoms with van der Waals surface area (Å²) in [6, 6.07) is 12.4. The Morgan fingerprint density at radius 3 is 2.44 bits per heavy atom. The second-order valence-electron chi connectivity index (χ2n) is 5.77. The fourth-order valence-corrected chi connectivity index (χ4v) is 2.62. The Labute approximate surface area is 159 Å².